The van der Waals surface area contributed by atoms with Gasteiger partial charge in [-0.25, -0.2) is 0 Å². The average molecular weight is 292 g/mol. The van der Waals surface area contributed by atoms with Crippen molar-refractivity contribution in [2.75, 3.05) is 11.9 Å². The van der Waals surface area contributed by atoms with Gasteiger partial charge < -0.3 is 15.7 Å². The molecule has 21 heavy (non-hydrogen) atoms. The van der Waals surface area contributed by atoms with Crippen molar-refractivity contribution in [1.82, 2.24) is 5.32 Å². The molecule has 0 aliphatic carbocycles. The summed E-state index contributed by atoms with van der Waals surface area (Å²) in [5.74, 6) is -0.117. The van der Waals surface area contributed by atoms with Crippen molar-refractivity contribution in [3.05, 3.63) is 29.8 Å². The Morgan fingerprint density at radius 3 is 2.57 bits per heavy atom. The molecule has 0 saturated heterocycles. The summed E-state index contributed by atoms with van der Waals surface area (Å²) in [5.41, 5.74) is 1.02. The number of anilines is 1. The first kappa shape index (κ1) is 17.2. The maximum atomic E-state index is 11.8. The molecule has 0 spiro atoms. The summed E-state index contributed by atoms with van der Waals surface area (Å²) in [6.07, 6.45) is 0.932. The third kappa shape index (κ3) is 6.40. The molecule has 0 aromatic heterocycles. The lowest BCUT2D eigenvalue weighted by atomic mass is 9.96. The van der Waals surface area contributed by atoms with Crippen LogP contribution in [0.1, 0.15) is 39.2 Å². The molecule has 2 amide bonds. The molecule has 1 aromatic carbocycles. The predicted molar refractivity (Wildman–Crippen MR) is 82.7 cm³/mol. The first-order chi connectivity index (χ1) is 9.82. The second-order valence-corrected chi connectivity index (χ2v) is 6.02. The van der Waals surface area contributed by atoms with Gasteiger partial charge in [0.1, 0.15) is 0 Å². The lowest BCUT2D eigenvalue weighted by Gasteiger charge is -2.17. The smallest absolute Gasteiger partial charge is 0.225 e. The maximum Gasteiger partial charge on any atom is 0.225 e. The van der Waals surface area contributed by atoms with Crippen molar-refractivity contribution >= 4 is 17.5 Å². The number of aliphatic hydroxyl groups excluding tert-OH is 1. The van der Waals surface area contributed by atoms with Crippen LogP contribution in [-0.4, -0.2) is 23.5 Å². The van der Waals surface area contributed by atoms with E-state index in [1.807, 2.05) is 20.8 Å². The number of carbonyl (C=O) groups is 2. The molecule has 1 aromatic rings. The predicted octanol–water partition coefficient (Wildman–Crippen LogP) is 2.06. The monoisotopic (exact) mass is 292 g/mol. The molecule has 0 atom stereocenters. The van der Waals surface area contributed by atoms with Crippen molar-refractivity contribution in [3.63, 3.8) is 0 Å². The van der Waals surface area contributed by atoms with E-state index in [0.717, 1.165) is 5.56 Å². The molecule has 116 valence electrons. The highest BCUT2D eigenvalue weighted by molar-refractivity contribution is 5.90. The standard InChI is InChI=1S/C16H24N2O3/c1-16(2,3)15(21)17-9-5-8-14(20)18-13-7-4-6-12(10-13)11-19/h4,6-7,10,19H,5,8-9,11H2,1-3H3,(H,17,21)(H,18,20). The Kier molecular flexibility index (Phi) is 6.37. The Morgan fingerprint density at radius 1 is 1.24 bits per heavy atom. The highest BCUT2D eigenvalue weighted by Crippen LogP contribution is 2.13. The van der Waals surface area contributed by atoms with Crippen molar-refractivity contribution in [1.29, 1.82) is 0 Å². The third-order valence-corrected chi connectivity index (χ3v) is 2.94. The van der Waals surface area contributed by atoms with Crippen molar-refractivity contribution in [2.45, 2.75) is 40.2 Å². The fraction of sp³-hybridized carbons (Fsp3) is 0.500. The highest BCUT2D eigenvalue weighted by atomic mass is 16.3. The van der Waals surface area contributed by atoms with E-state index in [1.54, 1.807) is 24.3 Å². The quantitative estimate of drug-likeness (QED) is 0.702. The first-order valence-corrected chi connectivity index (χ1v) is 7.11. The van der Waals surface area contributed by atoms with Crippen LogP contribution in [0.2, 0.25) is 0 Å². The van der Waals surface area contributed by atoms with Crippen molar-refractivity contribution in [2.24, 2.45) is 5.41 Å². The summed E-state index contributed by atoms with van der Waals surface area (Å²) >= 11 is 0. The highest BCUT2D eigenvalue weighted by Gasteiger charge is 2.20. The maximum absolute atomic E-state index is 11.8. The summed E-state index contributed by atoms with van der Waals surface area (Å²) in [5, 5.41) is 14.6. The van der Waals surface area contributed by atoms with Gasteiger partial charge in [0.05, 0.1) is 6.61 Å². The minimum Gasteiger partial charge on any atom is -0.392 e. The number of hydrogen-bond acceptors (Lipinski definition) is 3. The van der Waals surface area contributed by atoms with Gasteiger partial charge in [-0.2, -0.15) is 0 Å². The first-order valence-electron chi connectivity index (χ1n) is 7.11. The van der Waals surface area contributed by atoms with E-state index in [2.05, 4.69) is 10.6 Å². The summed E-state index contributed by atoms with van der Waals surface area (Å²) in [6.45, 7) is 5.98. The lowest BCUT2D eigenvalue weighted by molar-refractivity contribution is -0.128. The van der Waals surface area contributed by atoms with Gasteiger partial charge in [-0.15, -0.1) is 0 Å². The number of aliphatic hydroxyl groups is 1. The zero-order valence-corrected chi connectivity index (χ0v) is 12.9. The van der Waals surface area contributed by atoms with Crippen LogP contribution >= 0.6 is 0 Å². The molecule has 1 rings (SSSR count). The largest absolute Gasteiger partial charge is 0.392 e. The molecule has 0 radical (unpaired) electrons. The number of benzene rings is 1. The summed E-state index contributed by atoms with van der Waals surface area (Å²) in [6, 6.07) is 7.08. The molecule has 0 unspecified atom stereocenters. The lowest BCUT2D eigenvalue weighted by Crippen LogP contribution is -2.35. The van der Waals surface area contributed by atoms with Crippen LogP contribution < -0.4 is 10.6 Å². The molecular formula is C16H24N2O3. The minimum atomic E-state index is -0.410. The second kappa shape index (κ2) is 7.78. The number of rotatable bonds is 6. The van der Waals surface area contributed by atoms with Gasteiger partial charge >= 0.3 is 0 Å². The third-order valence-electron chi connectivity index (χ3n) is 2.94. The molecule has 0 bridgehead atoms. The van der Waals surface area contributed by atoms with Gasteiger partial charge in [0.2, 0.25) is 11.8 Å². The van der Waals surface area contributed by atoms with E-state index in [0.29, 0.717) is 25.1 Å². The van der Waals surface area contributed by atoms with Gasteiger partial charge in [0.25, 0.3) is 0 Å². The van der Waals surface area contributed by atoms with Gasteiger partial charge in [0, 0.05) is 24.1 Å². The van der Waals surface area contributed by atoms with Crippen LogP contribution in [0.15, 0.2) is 24.3 Å². The number of carbonyl (C=O) groups excluding carboxylic acids is 2. The molecule has 0 fully saturated rings. The second-order valence-electron chi connectivity index (χ2n) is 6.02. The Balaban J connectivity index is 2.30. The molecule has 0 heterocycles. The number of amides is 2. The Morgan fingerprint density at radius 2 is 1.95 bits per heavy atom. The zero-order chi connectivity index (χ0) is 15.9. The van der Waals surface area contributed by atoms with Crippen LogP contribution in [-0.2, 0) is 16.2 Å². The van der Waals surface area contributed by atoms with Gasteiger partial charge in [-0.3, -0.25) is 9.59 Å². The van der Waals surface area contributed by atoms with Gasteiger partial charge in [0.15, 0.2) is 0 Å². The number of hydrogen-bond donors (Lipinski definition) is 3. The van der Waals surface area contributed by atoms with Crippen LogP contribution in [0, 0.1) is 5.41 Å². The van der Waals surface area contributed by atoms with Gasteiger partial charge in [-0.05, 0) is 24.1 Å². The summed E-state index contributed by atoms with van der Waals surface area (Å²) in [4.78, 5) is 23.4. The van der Waals surface area contributed by atoms with E-state index >= 15 is 0 Å². The van der Waals surface area contributed by atoms with Crippen LogP contribution in [0.3, 0.4) is 0 Å². The normalized spacial score (nSPS) is 11.0. The van der Waals surface area contributed by atoms with E-state index in [-0.39, 0.29) is 18.4 Å². The van der Waals surface area contributed by atoms with E-state index in [9.17, 15) is 9.59 Å². The topological polar surface area (TPSA) is 78.4 Å². The Hall–Kier alpha value is -1.88. The molecule has 5 heteroatoms. The fourth-order valence-electron chi connectivity index (χ4n) is 1.69. The van der Waals surface area contributed by atoms with E-state index in [1.165, 1.54) is 0 Å². The van der Waals surface area contributed by atoms with E-state index < -0.39 is 5.41 Å². The zero-order valence-electron chi connectivity index (χ0n) is 12.9. The fourth-order valence-corrected chi connectivity index (χ4v) is 1.69. The summed E-state index contributed by atoms with van der Waals surface area (Å²) in [7, 11) is 0. The van der Waals surface area contributed by atoms with E-state index in [4.69, 9.17) is 5.11 Å². The SMILES string of the molecule is CC(C)(C)C(=O)NCCCC(=O)Nc1cccc(CO)c1. The van der Waals surface area contributed by atoms with Crippen molar-refractivity contribution in [3.8, 4) is 0 Å². The van der Waals surface area contributed by atoms with Crippen LogP contribution in [0.5, 0.6) is 0 Å². The van der Waals surface area contributed by atoms with Crippen molar-refractivity contribution < 1.29 is 14.7 Å². The molecule has 3 N–H and O–H groups in total. The molecule has 5 nitrogen and oxygen atoms in total. The average Bonchev–Trinajstić information content (AvgIpc) is 2.42. The van der Waals surface area contributed by atoms with Crippen LogP contribution in [0.25, 0.3) is 0 Å². The summed E-state index contributed by atoms with van der Waals surface area (Å²) < 4.78 is 0. The molecule has 0 aliphatic rings. The van der Waals surface area contributed by atoms with Gasteiger partial charge in [-0.1, -0.05) is 32.9 Å². The minimum absolute atomic E-state index is 0.0152. The molecule has 0 aliphatic heterocycles. The number of nitrogens with one attached hydrogen (secondary N) is 2. The molecule has 0 saturated carbocycles. The Bertz CT molecular complexity index is 493. The van der Waals surface area contributed by atoms with Crippen LogP contribution in [0.4, 0.5) is 5.69 Å². The Labute approximate surface area is 125 Å². The molecular weight excluding hydrogens is 268 g/mol.